The normalized spacial score (nSPS) is 24.9. The van der Waals surface area contributed by atoms with E-state index in [1.165, 1.54) is 62.5 Å². The van der Waals surface area contributed by atoms with Crippen LogP contribution in [0.15, 0.2) is 18.2 Å². The molecule has 0 bridgehead atoms. The lowest BCUT2D eigenvalue weighted by Gasteiger charge is -2.32. The molecule has 2 aliphatic rings. The number of unbranched alkanes of at least 4 members (excludes halogenated alkanes) is 2. The topological polar surface area (TPSA) is 46.5 Å². The highest BCUT2D eigenvalue weighted by atomic mass is 16.5. The van der Waals surface area contributed by atoms with Gasteiger partial charge in [-0.05, 0) is 73.0 Å². The van der Waals surface area contributed by atoms with Crippen molar-refractivity contribution >= 4 is 5.97 Å². The number of ether oxygens (including phenoxy) is 1. The molecule has 1 saturated carbocycles. The quantitative estimate of drug-likeness (QED) is 0.521. The van der Waals surface area contributed by atoms with Crippen LogP contribution in [0.3, 0.4) is 0 Å². The number of carbonyl (C=O) groups is 1. The van der Waals surface area contributed by atoms with E-state index in [2.05, 4.69) is 19.9 Å². The zero-order valence-electron chi connectivity index (χ0n) is 17.1. The van der Waals surface area contributed by atoms with Crippen molar-refractivity contribution in [3.05, 3.63) is 29.3 Å². The summed E-state index contributed by atoms with van der Waals surface area (Å²) in [5, 5.41) is 8.91. The van der Waals surface area contributed by atoms with E-state index in [9.17, 15) is 4.79 Å². The van der Waals surface area contributed by atoms with Crippen LogP contribution in [0.25, 0.3) is 0 Å². The summed E-state index contributed by atoms with van der Waals surface area (Å²) in [6, 6.07) is 6.19. The Morgan fingerprint density at radius 3 is 2.85 bits per heavy atom. The number of hydrogen-bond donors (Lipinski definition) is 1. The largest absolute Gasteiger partial charge is 0.482 e. The Morgan fingerprint density at radius 1 is 1.22 bits per heavy atom. The van der Waals surface area contributed by atoms with Gasteiger partial charge in [-0.1, -0.05) is 58.1 Å². The summed E-state index contributed by atoms with van der Waals surface area (Å²) in [6.45, 7) is 4.47. The lowest BCUT2D eigenvalue weighted by molar-refractivity contribution is -0.139. The second-order valence-electron chi connectivity index (χ2n) is 8.92. The number of rotatable bonds is 10. The zero-order chi connectivity index (χ0) is 19.2. The fourth-order valence-electron chi connectivity index (χ4n) is 5.40. The van der Waals surface area contributed by atoms with Crippen molar-refractivity contribution in [1.82, 2.24) is 0 Å². The summed E-state index contributed by atoms with van der Waals surface area (Å²) < 4.78 is 5.57. The number of aliphatic carboxylic acids is 1. The predicted molar refractivity (Wildman–Crippen MR) is 109 cm³/mol. The van der Waals surface area contributed by atoms with Crippen LogP contribution in [-0.2, 0) is 17.6 Å². The first kappa shape index (κ1) is 20.2. The van der Waals surface area contributed by atoms with Crippen molar-refractivity contribution in [3.63, 3.8) is 0 Å². The van der Waals surface area contributed by atoms with Gasteiger partial charge in [-0.25, -0.2) is 4.79 Å². The molecule has 0 aromatic heterocycles. The van der Waals surface area contributed by atoms with Crippen LogP contribution < -0.4 is 4.74 Å². The molecule has 27 heavy (non-hydrogen) atoms. The molecule has 3 nitrogen and oxygen atoms in total. The van der Waals surface area contributed by atoms with E-state index in [1.54, 1.807) is 0 Å². The van der Waals surface area contributed by atoms with Crippen LogP contribution in [0.4, 0.5) is 0 Å². The van der Waals surface area contributed by atoms with E-state index in [0.29, 0.717) is 0 Å². The van der Waals surface area contributed by atoms with Crippen LogP contribution in [0.2, 0.25) is 0 Å². The molecule has 0 radical (unpaired) electrons. The highest BCUT2D eigenvalue weighted by Crippen LogP contribution is 2.48. The van der Waals surface area contributed by atoms with Gasteiger partial charge in [0.25, 0.3) is 0 Å². The summed E-state index contributed by atoms with van der Waals surface area (Å²) in [4.78, 5) is 10.9. The van der Waals surface area contributed by atoms with Gasteiger partial charge in [-0.3, -0.25) is 0 Å². The number of benzene rings is 1. The fraction of sp³-hybridized carbons (Fsp3) is 0.708. The summed E-state index contributed by atoms with van der Waals surface area (Å²) in [7, 11) is 0. The van der Waals surface area contributed by atoms with Gasteiger partial charge in [-0.15, -0.1) is 0 Å². The average molecular weight is 373 g/mol. The molecule has 1 fully saturated rings. The Morgan fingerprint density at radius 2 is 2.07 bits per heavy atom. The first-order valence-electron chi connectivity index (χ1n) is 11.0. The first-order chi connectivity index (χ1) is 13.1. The zero-order valence-corrected chi connectivity index (χ0v) is 17.1. The molecule has 0 amide bonds. The van der Waals surface area contributed by atoms with Gasteiger partial charge in [0.15, 0.2) is 6.61 Å². The Bertz CT molecular complexity index is 624. The summed E-state index contributed by atoms with van der Waals surface area (Å²) >= 11 is 0. The molecule has 0 saturated heterocycles. The third kappa shape index (κ3) is 5.27. The standard InChI is InChI=1S/C24H36O3/c1-3-4-5-7-17(2)10-11-18-12-13-20-15-22-19(14-21(18)20)8-6-9-23(22)27-16-24(25)26/h6,8-9,17-18,20-21H,3-5,7,10-16H2,1-2H3,(H,25,26)/t17?,18-,20+,21+/m0/s1. The van der Waals surface area contributed by atoms with Gasteiger partial charge in [-0.2, -0.15) is 0 Å². The molecular weight excluding hydrogens is 336 g/mol. The van der Waals surface area contributed by atoms with Crippen molar-refractivity contribution in [2.45, 2.75) is 78.1 Å². The Kier molecular flexibility index (Phi) is 7.20. The molecule has 0 heterocycles. The van der Waals surface area contributed by atoms with E-state index in [-0.39, 0.29) is 6.61 Å². The Hall–Kier alpha value is -1.51. The molecule has 1 aromatic carbocycles. The van der Waals surface area contributed by atoms with E-state index < -0.39 is 5.97 Å². The summed E-state index contributed by atoms with van der Waals surface area (Å²) in [5.74, 6) is 3.20. The van der Waals surface area contributed by atoms with Gasteiger partial charge < -0.3 is 9.84 Å². The third-order valence-electron chi connectivity index (χ3n) is 6.95. The lowest BCUT2D eigenvalue weighted by atomic mass is 9.73. The number of fused-ring (bicyclic) bond motifs is 2. The Labute approximate surface area is 164 Å². The first-order valence-corrected chi connectivity index (χ1v) is 11.0. The highest BCUT2D eigenvalue weighted by Gasteiger charge is 2.39. The minimum absolute atomic E-state index is 0.247. The van der Waals surface area contributed by atoms with Crippen LogP contribution in [0.5, 0.6) is 5.75 Å². The molecule has 1 aromatic rings. The third-order valence-corrected chi connectivity index (χ3v) is 6.95. The fourth-order valence-corrected chi connectivity index (χ4v) is 5.40. The van der Waals surface area contributed by atoms with Crippen molar-refractivity contribution in [2.75, 3.05) is 6.61 Å². The average Bonchev–Trinajstić information content (AvgIpc) is 3.05. The van der Waals surface area contributed by atoms with Crippen LogP contribution in [0, 0.1) is 23.7 Å². The molecule has 4 atom stereocenters. The monoisotopic (exact) mass is 372 g/mol. The van der Waals surface area contributed by atoms with Crippen LogP contribution in [-0.4, -0.2) is 17.7 Å². The lowest BCUT2D eigenvalue weighted by Crippen LogP contribution is -2.26. The maximum Gasteiger partial charge on any atom is 0.341 e. The minimum Gasteiger partial charge on any atom is -0.482 e. The Balaban J connectivity index is 1.57. The van der Waals surface area contributed by atoms with Crippen molar-refractivity contribution in [3.8, 4) is 5.75 Å². The van der Waals surface area contributed by atoms with Crippen LogP contribution in [0.1, 0.15) is 76.3 Å². The van der Waals surface area contributed by atoms with E-state index in [1.807, 2.05) is 12.1 Å². The second kappa shape index (κ2) is 9.61. The molecule has 3 rings (SSSR count). The highest BCUT2D eigenvalue weighted by molar-refractivity contribution is 5.68. The van der Waals surface area contributed by atoms with Gasteiger partial charge >= 0.3 is 5.97 Å². The summed E-state index contributed by atoms with van der Waals surface area (Å²) in [6.07, 6.45) is 13.2. The van der Waals surface area contributed by atoms with Gasteiger partial charge in [0, 0.05) is 0 Å². The van der Waals surface area contributed by atoms with Gasteiger partial charge in [0.2, 0.25) is 0 Å². The smallest absolute Gasteiger partial charge is 0.341 e. The second-order valence-corrected chi connectivity index (χ2v) is 8.92. The van der Waals surface area contributed by atoms with Crippen LogP contribution >= 0.6 is 0 Å². The number of carboxylic acids is 1. The number of carboxylic acid groups (broad SMARTS) is 1. The molecule has 3 heteroatoms. The van der Waals surface area contributed by atoms with Crippen molar-refractivity contribution in [2.24, 2.45) is 23.7 Å². The molecule has 0 aliphatic heterocycles. The maximum atomic E-state index is 10.9. The maximum absolute atomic E-state index is 10.9. The van der Waals surface area contributed by atoms with Crippen molar-refractivity contribution in [1.29, 1.82) is 0 Å². The van der Waals surface area contributed by atoms with E-state index >= 15 is 0 Å². The van der Waals surface area contributed by atoms with Crippen molar-refractivity contribution < 1.29 is 14.6 Å². The number of hydrogen-bond acceptors (Lipinski definition) is 2. The molecule has 1 unspecified atom stereocenters. The molecule has 1 N–H and O–H groups in total. The molecule has 150 valence electrons. The molecule has 2 aliphatic carbocycles. The van der Waals surface area contributed by atoms with Gasteiger partial charge in [0.1, 0.15) is 5.75 Å². The molecule has 0 spiro atoms. The minimum atomic E-state index is -0.907. The SMILES string of the molecule is CCCCCC(C)CC[C@H]1CC[C@@H]2Cc3c(cccc3OCC(=O)O)C[C@H]12. The molecular formula is C24H36O3. The van der Waals surface area contributed by atoms with E-state index in [0.717, 1.165) is 42.3 Å². The van der Waals surface area contributed by atoms with E-state index in [4.69, 9.17) is 9.84 Å². The predicted octanol–water partition coefficient (Wildman–Crippen LogP) is 5.89. The van der Waals surface area contributed by atoms with Gasteiger partial charge in [0.05, 0.1) is 0 Å². The summed E-state index contributed by atoms with van der Waals surface area (Å²) in [5.41, 5.74) is 2.66.